The molecule has 6 heteroatoms. The zero-order valence-corrected chi connectivity index (χ0v) is 11.6. The van der Waals surface area contributed by atoms with E-state index in [0.29, 0.717) is 11.8 Å². The summed E-state index contributed by atoms with van der Waals surface area (Å²) in [5.74, 6) is -0.608. The third-order valence-corrected chi connectivity index (χ3v) is 3.16. The van der Waals surface area contributed by atoms with Crippen molar-refractivity contribution in [1.82, 2.24) is 0 Å². The first kappa shape index (κ1) is 14.5. The summed E-state index contributed by atoms with van der Waals surface area (Å²) in [7, 11) is 3.82. The Morgan fingerprint density at radius 3 is 2.24 bits per heavy atom. The topological polar surface area (TPSA) is 83.7 Å². The molecule has 1 N–H and O–H groups in total. The Labute approximate surface area is 121 Å². The summed E-state index contributed by atoms with van der Waals surface area (Å²) in [6, 6.07) is 10.0. The first-order valence-corrected chi connectivity index (χ1v) is 6.18. The number of carbonyl (C=O) groups is 1. The molecule has 0 radical (unpaired) electrons. The van der Waals surface area contributed by atoms with Gasteiger partial charge in [-0.3, -0.25) is 14.9 Å². The molecule has 2 aromatic carbocycles. The normalized spacial score (nSPS) is 10.2. The number of phenols is 1. The molecule has 0 bridgehead atoms. The predicted octanol–water partition coefficient (Wildman–Crippen LogP) is 2.85. The molecule has 0 aromatic heterocycles. The number of benzene rings is 2. The number of aromatic hydroxyl groups is 1. The summed E-state index contributed by atoms with van der Waals surface area (Å²) in [5.41, 5.74) is 1.64. The summed E-state index contributed by atoms with van der Waals surface area (Å²) in [6.45, 7) is 0. The fraction of sp³-hybridized carbons (Fsp3) is 0.133. The van der Waals surface area contributed by atoms with Crippen LogP contribution in [-0.2, 0) is 0 Å². The van der Waals surface area contributed by atoms with Gasteiger partial charge >= 0.3 is 5.69 Å². The van der Waals surface area contributed by atoms with Gasteiger partial charge in [0.15, 0.2) is 6.29 Å². The fourth-order valence-corrected chi connectivity index (χ4v) is 1.99. The van der Waals surface area contributed by atoms with Crippen LogP contribution in [0.5, 0.6) is 5.75 Å². The summed E-state index contributed by atoms with van der Waals surface area (Å²) < 4.78 is 0. The van der Waals surface area contributed by atoms with E-state index >= 15 is 0 Å². The number of nitrogens with zero attached hydrogens (tertiary/aromatic N) is 2. The molecule has 0 unspecified atom stereocenters. The maximum absolute atomic E-state index is 10.9. The number of phenolic OH excluding ortho intramolecular Hbond substituents is 1. The molecule has 0 spiro atoms. The van der Waals surface area contributed by atoms with Crippen LogP contribution in [0.4, 0.5) is 11.4 Å². The van der Waals surface area contributed by atoms with Crippen molar-refractivity contribution >= 4 is 17.7 Å². The molecular weight excluding hydrogens is 272 g/mol. The highest BCUT2D eigenvalue weighted by Crippen LogP contribution is 2.34. The van der Waals surface area contributed by atoms with Crippen molar-refractivity contribution in [2.24, 2.45) is 0 Å². The van der Waals surface area contributed by atoms with Crippen LogP contribution in [0.25, 0.3) is 11.1 Å². The third kappa shape index (κ3) is 2.84. The lowest BCUT2D eigenvalue weighted by molar-refractivity contribution is -0.385. The molecule has 108 valence electrons. The van der Waals surface area contributed by atoms with Gasteiger partial charge < -0.3 is 10.0 Å². The van der Waals surface area contributed by atoms with Gasteiger partial charge in [-0.1, -0.05) is 12.1 Å². The SMILES string of the molecule is CN(C)c1ccc(-c2cc(C=O)c(O)c([N+](=O)[O-])c2)cc1. The first-order valence-electron chi connectivity index (χ1n) is 6.18. The second-order valence-electron chi connectivity index (χ2n) is 4.75. The molecule has 0 aliphatic rings. The van der Waals surface area contributed by atoms with Crippen molar-refractivity contribution in [3.63, 3.8) is 0 Å². The monoisotopic (exact) mass is 286 g/mol. The van der Waals surface area contributed by atoms with Crippen LogP contribution in [0.15, 0.2) is 36.4 Å². The zero-order chi connectivity index (χ0) is 15.6. The zero-order valence-electron chi connectivity index (χ0n) is 11.6. The van der Waals surface area contributed by atoms with Crippen molar-refractivity contribution < 1.29 is 14.8 Å². The molecule has 0 amide bonds. The van der Waals surface area contributed by atoms with Crippen LogP contribution >= 0.6 is 0 Å². The molecule has 21 heavy (non-hydrogen) atoms. The lowest BCUT2D eigenvalue weighted by Gasteiger charge is -2.13. The Morgan fingerprint density at radius 1 is 1.14 bits per heavy atom. The molecule has 0 saturated heterocycles. The molecular formula is C15H14N2O4. The summed E-state index contributed by atoms with van der Waals surface area (Å²) >= 11 is 0. The summed E-state index contributed by atoms with van der Waals surface area (Å²) in [4.78, 5) is 23.1. The number of nitro benzene ring substituents is 1. The van der Waals surface area contributed by atoms with Crippen molar-refractivity contribution in [3.8, 4) is 16.9 Å². The highest BCUT2D eigenvalue weighted by Gasteiger charge is 2.19. The van der Waals surface area contributed by atoms with Gasteiger partial charge in [0.2, 0.25) is 5.75 Å². The maximum Gasteiger partial charge on any atom is 0.312 e. The lowest BCUT2D eigenvalue weighted by Crippen LogP contribution is -2.07. The minimum Gasteiger partial charge on any atom is -0.502 e. The average molecular weight is 286 g/mol. The van der Waals surface area contributed by atoms with Crippen molar-refractivity contribution in [1.29, 1.82) is 0 Å². The lowest BCUT2D eigenvalue weighted by atomic mass is 10.0. The standard InChI is InChI=1S/C15H14N2O4/c1-16(2)13-5-3-10(4-6-13)11-7-12(9-18)15(19)14(8-11)17(20)21/h3-9,19H,1-2H3. The molecule has 0 fully saturated rings. The predicted molar refractivity (Wildman–Crippen MR) is 79.9 cm³/mol. The van der Waals surface area contributed by atoms with Crippen LogP contribution in [0, 0.1) is 10.1 Å². The maximum atomic E-state index is 10.9. The second kappa shape index (κ2) is 5.62. The molecule has 0 aliphatic carbocycles. The van der Waals surface area contributed by atoms with E-state index in [0.717, 1.165) is 11.3 Å². The van der Waals surface area contributed by atoms with E-state index in [1.165, 1.54) is 12.1 Å². The number of nitro groups is 1. The van der Waals surface area contributed by atoms with E-state index in [2.05, 4.69) is 0 Å². The van der Waals surface area contributed by atoms with Crippen LogP contribution < -0.4 is 4.90 Å². The van der Waals surface area contributed by atoms with E-state index in [9.17, 15) is 20.0 Å². The highest BCUT2D eigenvalue weighted by molar-refractivity contribution is 5.86. The van der Waals surface area contributed by atoms with E-state index in [-0.39, 0.29) is 5.56 Å². The van der Waals surface area contributed by atoms with Gasteiger partial charge in [-0.05, 0) is 29.3 Å². The number of hydrogen-bond donors (Lipinski definition) is 1. The van der Waals surface area contributed by atoms with Gasteiger partial charge in [0, 0.05) is 25.8 Å². The number of hydrogen-bond acceptors (Lipinski definition) is 5. The molecule has 2 rings (SSSR count). The third-order valence-electron chi connectivity index (χ3n) is 3.16. The van der Waals surface area contributed by atoms with Gasteiger partial charge in [-0.2, -0.15) is 0 Å². The van der Waals surface area contributed by atoms with Gasteiger partial charge in [-0.25, -0.2) is 0 Å². The Morgan fingerprint density at radius 2 is 1.76 bits per heavy atom. The minimum absolute atomic E-state index is 0.101. The largest absolute Gasteiger partial charge is 0.502 e. The van der Waals surface area contributed by atoms with E-state index in [1.54, 1.807) is 12.1 Å². The van der Waals surface area contributed by atoms with Crippen LogP contribution in [0.2, 0.25) is 0 Å². The van der Waals surface area contributed by atoms with Gasteiger partial charge in [0.1, 0.15) is 0 Å². The number of carbonyl (C=O) groups excluding carboxylic acids is 1. The molecule has 0 atom stereocenters. The summed E-state index contributed by atoms with van der Waals surface area (Å²) in [5, 5.41) is 20.6. The number of rotatable bonds is 4. The Kier molecular flexibility index (Phi) is 3.89. The number of anilines is 1. The molecule has 0 saturated carbocycles. The quantitative estimate of drug-likeness (QED) is 0.531. The van der Waals surface area contributed by atoms with Gasteiger partial charge in [0.25, 0.3) is 0 Å². The number of aldehydes is 1. The average Bonchev–Trinajstić information content (AvgIpc) is 2.47. The van der Waals surface area contributed by atoms with Crippen molar-refractivity contribution in [2.45, 2.75) is 0 Å². The van der Waals surface area contributed by atoms with Gasteiger partial charge in [-0.15, -0.1) is 0 Å². The van der Waals surface area contributed by atoms with Gasteiger partial charge in [0.05, 0.1) is 10.5 Å². The summed E-state index contributed by atoms with van der Waals surface area (Å²) in [6.07, 6.45) is 0.403. The molecule has 2 aromatic rings. The Bertz CT molecular complexity index is 694. The van der Waals surface area contributed by atoms with E-state index < -0.39 is 16.4 Å². The van der Waals surface area contributed by atoms with Crippen LogP contribution in [0.3, 0.4) is 0 Å². The molecule has 0 heterocycles. The fourth-order valence-electron chi connectivity index (χ4n) is 1.99. The Balaban J connectivity index is 2.55. The minimum atomic E-state index is -0.708. The Hall–Kier alpha value is -2.89. The molecule has 6 nitrogen and oxygen atoms in total. The van der Waals surface area contributed by atoms with Crippen LogP contribution in [-0.4, -0.2) is 30.4 Å². The van der Waals surface area contributed by atoms with E-state index in [4.69, 9.17) is 0 Å². The second-order valence-corrected chi connectivity index (χ2v) is 4.75. The highest BCUT2D eigenvalue weighted by atomic mass is 16.6. The van der Waals surface area contributed by atoms with E-state index in [1.807, 2.05) is 31.1 Å². The van der Waals surface area contributed by atoms with Crippen LogP contribution in [0.1, 0.15) is 10.4 Å². The first-order chi connectivity index (χ1) is 9.93. The molecule has 0 aliphatic heterocycles. The smallest absolute Gasteiger partial charge is 0.312 e. The van der Waals surface area contributed by atoms with Crippen molar-refractivity contribution in [3.05, 3.63) is 52.1 Å². The van der Waals surface area contributed by atoms with Crippen molar-refractivity contribution in [2.75, 3.05) is 19.0 Å².